The van der Waals surface area contributed by atoms with E-state index in [-0.39, 0.29) is 17.3 Å². The number of benzene rings is 1. The third kappa shape index (κ3) is 5.97. The molecule has 1 aromatic rings. The van der Waals surface area contributed by atoms with Crippen molar-refractivity contribution in [2.75, 3.05) is 33.4 Å². The molecule has 1 saturated heterocycles. The largest absolute Gasteiger partial charge is 0.500 e. The summed E-state index contributed by atoms with van der Waals surface area (Å²) in [6.45, 7) is 3.86. The van der Waals surface area contributed by atoms with Crippen LogP contribution in [-0.2, 0) is 4.74 Å². The highest BCUT2D eigenvalue weighted by atomic mass is 19.1. The smallest absolute Gasteiger partial charge is 0.315 e. The average molecular weight is 408 g/mol. The van der Waals surface area contributed by atoms with E-state index < -0.39 is 22.2 Å². The molecule has 29 heavy (non-hydrogen) atoms. The van der Waals surface area contributed by atoms with Crippen molar-refractivity contribution in [3.63, 3.8) is 0 Å². The van der Waals surface area contributed by atoms with Gasteiger partial charge in [0.15, 0.2) is 11.6 Å². The summed E-state index contributed by atoms with van der Waals surface area (Å²) in [5.74, 6) is -1.57. The van der Waals surface area contributed by atoms with Crippen LogP contribution in [0.15, 0.2) is 38.9 Å². The SMILES string of the molecule is COc1cc(/C=N\N=C(N)N=C/C(F)=C(\C)N2CCOCC2)cc([N+](=O)[O-])c1O. The first-order valence-electron chi connectivity index (χ1n) is 8.48. The number of rotatable bonds is 6. The maximum absolute atomic E-state index is 14.2. The predicted molar refractivity (Wildman–Crippen MR) is 105 cm³/mol. The normalized spacial score (nSPS) is 16.4. The number of nitro benzene ring substituents is 1. The second-order valence-electron chi connectivity index (χ2n) is 5.84. The minimum Gasteiger partial charge on any atom is -0.500 e. The van der Waals surface area contributed by atoms with Gasteiger partial charge in [-0.1, -0.05) is 0 Å². The lowest BCUT2D eigenvalue weighted by Gasteiger charge is -2.29. The molecule has 0 radical (unpaired) electrons. The number of hydrogen-bond donors (Lipinski definition) is 2. The van der Waals surface area contributed by atoms with Crippen molar-refractivity contribution in [2.45, 2.75) is 6.92 Å². The number of nitro groups is 1. The van der Waals surface area contributed by atoms with Crippen molar-refractivity contribution in [1.29, 1.82) is 0 Å². The third-order valence-electron chi connectivity index (χ3n) is 4.00. The molecule has 0 spiro atoms. The summed E-state index contributed by atoms with van der Waals surface area (Å²) < 4.78 is 24.3. The summed E-state index contributed by atoms with van der Waals surface area (Å²) in [7, 11) is 1.26. The van der Waals surface area contributed by atoms with E-state index >= 15 is 0 Å². The number of guanidine groups is 1. The molecule has 0 bridgehead atoms. The van der Waals surface area contributed by atoms with Crippen molar-refractivity contribution in [1.82, 2.24) is 4.90 Å². The Kier molecular flexibility index (Phi) is 7.60. The number of phenolic OH excluding ortho intramolecular Hbond substituents is 1. The van der Waals surface area contributed by atoms with E-state index in [0.717, 1.165) is 18.5 Å². The van der Waals surface area contributed by atoms with Gasteiger partial charge in [0.25, 0.3) is 0 Å². The zero-order valence-corrected chi connectivity index (χ0v) is 15.9. The minimum atomic E-state index is -0.761. The molecule has 1 aromatic carbocycles. The molecule has 0 saturated carbocycles. The number of nitrogens with zero attached hydrogens (tertiary/aromatic N) is 5. The van der Waals surface area contributed by atoms with E-state index in [2.05, 4.69) is 15.2 Å². The zero-order chi connectivity index (χ0) is 21.4. The van der Waals surface area contributed by atoms with Crippen LogP contribution in [0.1, 0.15) is 12.5 Å². The zero-order valence-electron chi connectivity index (χ0n) is 15.9. The van der Waals surface area contributed by atoms with Gasteiger partial charge in [-0.05, 0) is 13.0 Å². The summed E-state index contributed by atoms with van der Waals surface area (Å²) in [6.07, 6.45) is 2.09. The molecule has 0 amide bonds. The number of aromatic hydroxyl groups is 1. The highest BCUT2D eigenvalue weighted by molar-refractivity contribution is 5.92. The number of hydrogen-bond acceptors (Lipinski definition) is 8. The Morgan fingerprint density at radius 1 is 1.45 bits per heavy atom. The Morgan fingerprint density at radius 2 is 2.14 bits per heavy atom. The molecule has 156 valence electrons. The second-order valence-corrected chi connectivity index (χ2v) is 5.84. The van der Waals surface area contributed by atoms with Gasteiger partial charge < -0.3 is 25.2 Å². The highest BCUT2D eigenvalue weighted by Gasteiger charge is 2.19. The third-order valence-corrected chi connectivity index (χ3v) is 4.00. The molecule has 0 unspecified atom stereocenters. The number of allylic oxidation sites excluding steroid dienone is 2. The van der Waals surface area contributed by atoms with Gasteiger partial charge in [0, 0.05) is 30.4 Å². The van der Waals surface area contributed by atoms with Gasteiger partial charge in [0.1, 0.15) is 0 Å². The molecule has 1 aliphatic heterocycles. The van der Waals surface area contributed by atoms with Crippen molar-refractivity contribution in [2.24, 2.45) is 20.9 Å². The lowest BCUT2D eigenvalue weighted by molar-refractivity contribution is -0.386. The van der Waals surface area contributed by atoms with Crippen LogP contribution in [-0.4, -0.2) is 66.7 Å². The van der Waals surface area contributed by atoms with Gasteiger partial charge in [-0.25, -0.2) is 9.38 Å². The molecule has 12 heteroatoms. The molecule has 2 rings (SSSR count). The number of nitrogens with two attached hydrogens (primary N) is 1. The Bertz CT molecular complexity index is 877. The topological polar surface area (TPSA) is 148 Å². The van der Waals surface area contributed by atoms with E-state index in [1.807, 2.05) is 4.90 Å². The number of ether oxygens (including phenoxy) is 2. The lowest BCUT2D eigenvalue weighted by atomic mass is 10.2. The van der Waals surface area contributed by atoms with E-state index in [1.54, 1.807) is 6.92 Å². The van der Waals surface area contributed by atoms with E-state index in [4.69, 9.17) is 15.2 Å². The average Bonchev–Trinajstić information content (AvgIpc) is 2.72. The van der Waals surface area contributed by atoms with E-state index in [0.29, 0.717) is 32.0 Å². The van der Waals surface area contributed by atoms with Crippen molar-refractivity contribution in [3.05, 3.63) is 39.3 Å². The Balaban J connectivity index is 2.10. The molecule has 0 aromatic heterocycles. The maximum Gasteiger partial charge on any atom is 0.315 e. The van der Waals surface area contributed by atoms with Crippen LogP contribution < -0.4 is 10.5 Å². The Hall–Kier alpha value is -3.54. The van der Waals surface area contributed by atoms with Crippen molar-refractivity contribution in [3.8, 4) is 11.5 Å². The van der Waals surface area contributed by atoms with Gasteiger partial charge >= 0.3 is 5.69 Å². The van der Waals surface area contributed by atoms with Crippen LogP contribution in [0.25, 0.3) is 0 Å². The molecule has 0 atom stereocenters. The van der Waals surface area contributed by atoms with Gasteiger partial charge in [-0.2, -0.15) is 5.10 Å². The fourth-order valence-electron chi connectivity index (χ4n) is 2.43. The first kappa shape index (κ1) is 21.8. The summed E-state index contributed by atoms with van der Waals surface area (Å²) in [5, 5.41) is 27.9. The number of methoxy groups -OCH3 is 1. The van der Waals surface area contributed by atoms with Gasteiger partial charge in [-0.3, -0.25) is 10.1 Å². The number of aliphatic imine (C=N–C) groups is 1. The summed E-state index contributed by atoms with van der Waals surface area (Å²) >= 11 is 0. The molecule has 3 N–H and O–H groups in total. The number of morpholine rings is 1. The molecule has 0 aliphatic carbocycles. The predicted octanol–water partition coefficient (Wildman–Crippen LogP) is 1.56. The van der Waals surface area contributed by atoms with Gasteiger partial charge in [-0.15, -0.1) is 5.10 Å². The van der Waals surface area contributed by atoms with Crippen molar-refractivity contribution >= 4 is 24.1 Å². The van der Waals surface area contributed by atoms with Crippen LogP contribution in [0.5, 0.6) is 11.5 Å². The monoisotopic (exact) mass is 408 g/mol. The number of phenols is 1. The first-order chi connectivity index (χ1) is 13.8. The van der Waals surface area contributed by atoms with Crippen LogP contribution in [0.4, 0.5) is 10.1 Å². The highest BCUT2D eigenvalue weighted by Crippen LogP contribution is 2.36. The van der Waals surface area contributed by atoms with Gasteiger partial charge in [0.2, 0.25) is 11.7 Å². The Labute approximate surface area is 165 Å². The maximum atomic E-state index is 14.2. The fraction of sp³-hybridized carbons (Fsp3) is 0.353. The molecule has 1 heterocycles. The van der Waals surface area contributed by atoms with Crippen LogP contribution in [0.3, 0.4) is 0 Å². The second kappa shape index (κ2) is 10.1. The summed E-state index contributed by atoms with van der Waals surface area (Å²) in [4.78, 5) is 15.7. The quantitative estimate of drug-likeness (QED) is 0.314. The standard InChI is InChI=1S/C17H21FN6O5/c1-11(23-3-5-29-6-4-23)13(18)10-20-17(19)22-21-9-12-7-14(24(26)27)16(25)15(8-12)28-2/h7-10,25H,3-6H2,1-2H3,(H2,19,22)/b13-11-,20-10?,21-9-. The lowest BCUT2D eigenvalue weighted by Crippen LogP contribution is -2.35. The minimum absolute atomic E-state index is 0.0959. The fourth-order valence-corrected chi connectivity index (χ4v) is 2.43. The van der Waals surface area contributed by atoms with E-state index in [9.17, 15) is 19.6 Å². The number of halogens is 1. The van der Waals surface area contributed by atoms with Gasteiger partial charge in [0.05, 0.1) is 37.7 Å². The van der Waals surface area contributed by atoms with Crippen LogP contribution >= 0.6 is 0 Å². The summed E-state index contributed by atoms with van der Waals surface area (Å²) in [6, 6.07) is 2.42. The van der Waals surface area contributed by atoms with E-state index in [1.165, 1.54) is 13.2 Å². The molecular weight excluding hydrogens is 387 g/mol. The Morgan fingerprint density at radius 3 is 2.76 bits per heavy atom. The molecule has 11 nitrogen and oxygen atoms in total. The molecular formula is C17H21FN6O5. The molecule has 1 fully saturated rings. The van der Waals surface area contributed by atoms with Crippen LogP contribution in [0.2, 0.25) is 0 Å². The van der Waals surface area contributed by atoms with Crippen LogP contribution in [0, 0.1) is 10.1 Å². The molecule has 1 aliphatic rings. The van der Waals surface area contributed by atoms with Crippen molar-refractivity contribution < 1.29 is 23.9 Å². The summed E-state index contributed by atoms with van der Waals surface area (Å²) in [5.41, 5.74) is 5.67. The first-order valence-corrected chi connectivity index (χ1v) is 8.48.